The SMILES string of the molecule is O=c1[nH]cc(Br)c2cnc(Cl)cc12. The van der Waals surface area contributed by atoms with Crippen LogP contribution < -0.4 is 5.56 Å². The Balaban J connectivity index is 3.01. The van der Waals surface area contributed by atoms with Crippen molar-refractivity contribution >= 4 is 38.3 Å². The smallest absolute Gasteiger partial charge is 0.256 e. The second kappa shape index (κ2) is 3.12. The van der Waals surface area contributed by atoms with E-state index in [9.17, 15) is 4.79 Å². The first kappa shape index (κ1) is 8.72. The molecule has 0 aliphatic heterocycles. The van der Waals surface area contributed by atoms with Gasteiger partial charge in [-0.05, 0) is 22.0 Å². The fourth-order valence-corrected chi connectivity index (χ4v) is 1.68. The minimum Gasteiger partial charge on any atom is -0.327 e. The normalized spacial score (nSPS) is 10.6. The maximum absolute atomic E-state index is 11.3. The van der Waals surface area contributed by atoms with Gasteiger partial charge in [0.15, 0.2) is 0 Å². The first-order chi connectivity index (χ1) is 6.18. The zero-order valence-corrected chi connectivity index (χ0v) is 8.69. The van der Waals surface area contributed by atoms with Crippen LogP contribution in [0.1, 0.15) is 0 Å². The molecule has 3 nitrogen and oxygen atoms in total. The van der Waals surface area contributed by atoms with Crippen molar-refractivity contribution < 1.29 is 0 Å². The third-order valence-corrected chi connectivity index (χ3v) is 2.57. The fraction of sp³-hybridized carbons (Fsp3) is 0. The predicted octanol–water partition coefficient (Wildman–Crippen LogP) is 2.34. The molecule has 5 heteroatoms. The molecule has 1 N–H and O–H groups in total. The van der Waals surface area contributed by atoms with Crippen molar-refractivity contribution in [2.45, 2.75) is 0 Å². The molecule has 2 aromatic heterocycles. The van der Waals surface area contributed by atoms with Gasteiger partial charge in [-0.1, -0.05) is 11.6 Å². The predicted molar refractivity (Wildman–Crippen MR) is 55.1 cm³/mol. The van der Waals surface area contributed by atoms with Gasteiger partial charge in [0.1, 0.15) is 5.15 Å². The lowest BCUT2D eigenvalue weighted by Gasteiger charge is -1.98. The maximum Gasteiger partial charge on any atom is 0.256 e. The summed E-state index contributed by atoms with van der Waals surface area (Å²) < 4.78 is 0.797. The van der Waals surface area contributed by atoms with Crippen molar-refractivity contribution in [1.82, 2.24) is 9.97 Å². The number of fused-ring (bicyclic) bond motifs is 1. The Morgan fingerprint density at radius 3 is 3.00 bits per heavy atom. The number of aromatic amines is 1. The third kappa shape index (κ3) is 1.47. The molecule has 0 bridgehead atoms. The van der Waals surface area contributed by atoms with Gasteiger partial charge >= 0.3 is 0 Å². The van der Waals surface area contributed by atoms with E-state index in [4.69, 9.17) is 11.6 Å². The van der Waals surface area contributed by atoms with Gasteiger partial charge in [-0.25, -0.2) is 4.98 Å². The van der Waals surface area contributed by atoms with Gasteiger partial charge in [0, 0.05) is 22.3 Å². The summed E-state index contributed by atoms with van der Waals surface area (Å²) >= 11 is 8.97. The average Bonchev–Trinajstić information content (AvgIpc) is 2.12. The number of halogens is 2. The van der Waals surface area contributed by atoms with Gasteiger partial charge < -0.3 is 4.98 Å². The molecule has 0 radical (unpaired) electrons. The molecule has 0 aromatic carbocycles. The topological polar surface area (TPSA) is 45.8 Å². The van der Waals surface area contributed by atoms with E-state index in [2.05, 4.69) is 25.9 Å². The van der Waals surface area contributed by atoms with E-state index >= 15 is 0 Å². The summed E-state index contributed by atoms with van der Waals surface area (Å²) in [6.45, 7) is 0. The van der Waals surface area contributed by atoms with Crippen LogP contribution >= 0.6 is 27.5 Å². The Morgan fingerprint density at radius 1 is 1.46 bits per heavy atom. The Kier molecular flexibility index (Phi) is 2.09. The Morgan fingerprint density at radius 2 is 2.23 bits per heavy atom. The Bertz CT molecular complexity index is 523. The van der Waals surface area contributed by atoms with Crippen molar-refractivity contribution in [1.29, 1.82) is 0 Å². The van der Waals surface area contributed by atoms with Gasteiger partial charge in [0.05, 0.1) is 5.39 Å². The van der Waals surface area contributed by atoms with Crippen LogP contribution in [-0.2, 0) is 0 Å². The molecule has 0 atom stereocenters. The standard InChI is InChI=1S/C8H4BrClN2O/c9-6-3-12-8(13)4-1-7(10)11-2-5(4)6/h1-3H,(H,12,13). The van der Waals surface area contributed by atoms with Crippen LogP contribution in [0.25, 0.3) is 10.8 Å². The first-order valence-corrected chi connectivity index (χ1v) is 4.68. The molecule has 66 valence electrons. The molecule has 0 aliphatic rings. The molecule has 2 rings (SSSR count). The lowest BCUT2D eigenvalue weighted by atomic mass is 10.2. The molecular weight excluding hydrogens is 255 g/mol. The minimum absolute atomic E-state index is 0.164. The molecule has 0 saturated heterocycles. The summed E-state index contributed by atoms with van der Waals surface area (Å²) in [5.41, 5.74) is -0.164. The highest BCUT2D eigenvalue weighted by atomic mass is 79.9. The zero-order chi connectivity index (χ0) is 9.42. The first-order valence-electron chi connectivity index (χ1n) is 3.51. The van der Waals surface area contributed by atoms with Crippen molar-refractivity contribution in [3.63, 3.8) is 0 Å². The van der Waals surface area contributed by atoms with E-state index < -0.39 is 0 Å². The minimum atomic E-state index is -0.164. The van der Waals surface area contributed by atoms with Gasteiger partial charge in [-0.3, -0.25) is 4.79 Å². The molecule has 0 fully saturated rings. The summed E-state index contributed by atoms with van der Waals surface area (Å²) in [5, 5.41) is 1.61. The Labute approximate surface area is 86.9 Å². The van der Waals surface area contributed by atoms with Crippen LogP contribution in [-0.4, -0.2) is 9.97 Å². The highest BCUT2D eigenvalue weighted by Crippen LogP contribution is 2.20. The van der Waals surface area contributed by atoms with Crippen LogP contribution in [0.4, 0.5) is 0 Å². The number of hydrogen-bond acceptors (Lipinski definition) is 2. The monoisotopic (exact) mass is 258 g/mol. The summed E-state index contributed by atoms with van der Waals surface area (Å²) in [5.74, 6) is 0. The number of pyridine rings is 2. The summed E-state index contributed by atoms with van der Waals surface area (Å²) in [6.07, 6.45) is 3.15. The highest BCUT2D eigenvalue weighted by molar-refractivity contribution is 9.10. The third-order valence-electron chi connectivity index (χ3n) is 1.70. The van der Waals surface area contributed by atoms with Crippen LogP contribution in [0.3, 0.4) is 0 Å². The van der Waals surface area contributed by atoms with Crippen molar-refractivity contribution in [3.05, 3.63) is 38.4 Å². The molecule has 0 unspecified atom stereocenters. The van der Waals surface area contributed by atoms with Crippen molar-refractivity contribution in [2.75, 3.05) is 0 Å². The van der Waals surface area contributed by atoms with Gasteiger partial charge in [-0.15, -0.1) is 0 Å². The van der Waals surface area contributed by atoms with Gasteiger partial charge in [-0.2, -0.15) is 0 Å². The molecule has 0 aliphatic carbocycles. The number of aromatic nitrogens is 2. The van der Waals surface area contributed by atoms with E-state index in [1.54, 1.807) is 18.5 Å². The van der Waals surface area contributed by atoms with Crippen LogP contribution in [0.2, 0.25) is 5.15 Å². The van der Waals surface area contributed by atoms with Crippen LogP contribution in [0.15, 0.2) is 27.7 Å². The van der Waals surface area contributed by atoms with E-state index in [-0.39, 0.29) is 5.56 Å². The second-order valence-electron chi connectivity index (χ2n) is 2.52. The molecule has 0 spiro atoms. The summed E-state index contributed by atoms with van der Waals surface area (Å²) in [6, 6.07) is 1.54. The molecule has 0 saturated carbocycles. The summed E-state index contributed by atoms with van der Waals surface area (Å²) in [4.78, 5) is 17.8. The number of nitrogens with zero attached hydrogens (tertiary/aromatic N) is 1. The molecule has 13 heavy (non-hydrogen) atoms. The molecule has 2 aromatic rings. The van der Waals surface area contributed by atoms with E-state index in [0.29, 0.717) is 10.5 Å². The number of hydrogen-bond donors (Lipinski definition) is 1. The molecular formula is C8H4BrClN2O. The van der Waals surface area contributed by atoms with E-state index in [0.717, 1.165) is 9.86 Å². The average molecular weight is 259 g/mol. The van der Waals surface area contributed by atoms with Crippen LogP contribution in [0, 0.1) is 0 Å². The maximum atomic E-state index is 11.3. The number of rotatable bonds is 0. The quantitative estimate of drug-likeness (QED) is 0.738. The van der Waals surface area contributed by atoms with Crippen molar-refractivity contribution in [3.8, 4) is 0 Å². The summed E-state index contributed by atoms with van der Waals surface area (Å²) in [7, 11) is 0. The van der Waals surface area contributed by atoms with Crippen LogP contribution in [0.5, 0.6) is 0 Å². The van der Waals surface area contributed by atoms with Gasteiger partial charge in [0.25, 0.3) is 5.56 Å². The lowest BCUT2D eigenvalue weighted by molar-refractivity contribution is 1.25. The molecule has 0 amide bonds. The van der Waals surface area contributed by atoms with Gasteiger partial charge in [0.2, 0.25) is 0 Å². The number of H-pyrrole nitrogens is 1. The zero-order valence-electron chi connectivity index (χ0n) is 6.34. The van der Waals surface area contributed by atoms with E-state index in [1.165, 1.54) is 0 Å². The largest absolute Gasteiger partial charge is 0.327 e. The van der Waals surface area contributed by atoms with E-state index in [1.807, 2.05) is 0 Å². The van der Waals surface area contributed by atoms with Crippen molar-refractivity contribution in [2.24, 2.45) is 0 Å². The highest BCUT2D eigenvalue weighted by Gasteiger charge is 2.03. The number of nitrogens with one attached hydrogen (secondary N) is 1. The Hall–Kier alpha value is -0.870. The lowest BCUT2D eigenvalue weighted by Crippen LogP contribution is -2.05. The second-order valence-corrected chi connectivity index (χ2v) is 3.76. The molecule has 2 heterocycles. The fourth-order valence-electron chi connectivity index (χ4n) is 1.09.